The number of nitrogens with one attached hydrogen (secondary N) is 1. The molecule has 0 saturated heterocycles. The third kappa shape index (κ3) is 3.55. The molecule has 0 aliphatic carbocycles. The number of nitrogens with zero attached hydrogens (tertiary/aromatic N) is 2. The first-order valence-corrected chi connectivity index (χ1v) is 7.25. The molecule has 0 radical (unpaired) electrons. The summed E-state index contributed by atoms with van der Waals surface area (Å²) in [5.41, 5.74) is 0.583. The molecule has 0 bridgehead atoms. The van der Waals surface area contributed by atoms with E-state index in [0.29, 0.717) is 10.8 Å². The Morgan fingerprint density at radius 3 is 2.50 bits per heavy atom. The van der Waals surface area contributed by atoms with Crippen LogP contribution in [0.25, 0.3) is 11.4 Å². The van der Waals surface area contributed by atoms with E-state index in [4.69, 9.17) is 11.6 Å². The van der Waals surface area contributed by atoms with Crippen LogP contribution in [0.3, 0.4) is 0 Å². The van der Waals surface area contributed by atoms with Gasteiger partial charge in [-0.15, -0.1) is 0 Å². The molecule has 0 atom stereocenters. The Morgan fingerprint density at radius 1 is 1.04 bits per heavy atom. The van der Waals surface area contributed by atoms with E-state index >= 15 is 0 Å². The van der Waals surface area contributed by atoms with Gasteiger partial charge < -0.3 is 5.32 Å². The molecular weight excluding hydrogens is 336 g/mol. The van der Waals surface area contributed by atoms with E-state index < -0.39 is 23.1 Å². The van der Waals surface area contributed by atoms with Crippen molar-refractivity contribution in [2.45, 2.75) is 0 Å². The van der Waals surface area contributed by atoms with E-state index in [-0.39, 0.29) is 5.69 Å². The van der Waals surface area contributed by atoms with Gasteiger partial charge in [-0.3, -0.25) is 4.79 Å². The van der Waals surface area contributed by atoms with Crippen LogP contribution in [0.2, 0.25) is 5.02 Å². The van der Waals surface area contributed by atoms with E-state index in [2.05, 4.69) is 15.3 Å². The number of hydrogen-bond acceptors (Lipinski definition) is 3. The number of amides is 1. The van der Waals surface area contributed by atoms with Gasteiger partial charge in [-0.2, -0.15) is 0 Å². The van der Waals surface area contributed by atoms with E-state index in [9.17, 15) is 13.6 Å². The average Bonchev–Trinajstić information content (AvgIpc) is 2.57. The molecule has 4 nitrogen and oxygen atoms in total. The smallest absolute Gasteiger partial charge is 0.258 e. The maximum Gasteiger partial charge on any atom is 0.258 e. The van der Waals surface area contributed by atoms with Gasteiger partial charge in [0.25, 0.3) is 5.91 Å². The molecule has 0 spiro atoms. The Hall–Kier alpha value is -2.86. The molecule has 0 fully saturated rings. The number of aromatic nitrogens is 2. The van der Waals surface area contributed by atoms with Crippen molar-refractivity contribution in [1.29, 1.82) is 0 Å². The molecule has 0 aliphatic rings. The van der Waals surface area contributed by atoms with Crippen molar-refractivity contribution >= 4 is 23.2 Å². The average molecular weight is 346 g/mol. The van der Waals surface area contributed by atoms with E-state index in [1.807, 2.05) is 0 Å². The number of anilines is 1. The topological polar surface area (TPSA) is 54.9 Å². The first-order valence-electron chi connectivity index (χ1n) is 6.87. The lowest BCUT2D eigenvalue weighted by Crippen LogP contribution is -2.14. The van der Waals surface area contributed by atoms with Crippen LogP contribution in [0.4, 0.5) is 14.5 Å². The number of benzene rings is 2. The Bertz CT molecular complexity index is 901. The molecule has 24 heavy (non-hydrogen) atoms. The zero-order chi connectivity index (χ0) is 17.1. The molecule has 1 amide bonds. The highest BCUT2D eigenvalue weighted by atomic mass is 35.5. The van der Waals surface area contributed by atoms with Crippen LogP contribution in [-0.2, 0) is 0 Å². The summed E-state index contributed by atoms with van der Waals surface area (Å²) in [7, 11) is 0. The van der Waals surface area contributed by atoms with Crippen LogP contribution < -0.4 is 5.32 Å². The van der Waals surface area contributed by atoms with Gasteiger partial charge in [0.05, 0.1) is 23.6 Å². The van der Waals surface area contributed by atoms with Crippen molar-refractivity contribution in [3.8, 4) is 11.4 Å². The number of halogens is 3. The van der Waals surface area contributed by atoms with E-state index in [0.717, 1.165) is 23.8 Å². The van der Waals surface area contributed by atoms with Crippen LogP contribution in [0.1, 0.15) is 10.4 Å². The van der Waals surface area contributed by atoms with Crippen LogP contribution in [0.15, 0.2) is 54.9 Å². The molecular formula is C17H10ClF2N3O. The first-order chi connectivity index (χ1) is 11.5. The summed E-state index contributed by atoms with van der Waals surface area (Å²) in [6.07, 6.45) is 2.75. The first kappa shape index (κ1) is 16.0. The van der Waals surface area contributed by atoms with Crippen LogP contribution in [0, 0.1) is 11.6 Å². The zero-order valence-electron chi connectivity index (χ0n) is 12.1. The number of carbonyl (C=O) groups is 1. The van der Waals surface area contributed by atoms with Gasteiger partial charge >= 0.3 is 0 Å². The molecule has 1 N–H and O–H groups in total. The summed E-state index contributed by atoms with van der Waals surface area (Å²) in [5, 5.41) is 2.97. The molecule has 0 unspecified atom stereocenters. The number of carbonyl (C=O) groups excluding carboxylic acids is 1. The Morgan fingerprint density at radius 2 is 1.79 bits per heavy atom. The summed E-state index contributed by atoms with van der Waals surface area (Å²) < 4.78 is 26.7. The lowest BCUT2D eigenvalue weighted by molar-refractivity contribution is 0.102. The fraction of sp³-hybridized carbons (Fsp3) is 0. The second kappa shape index (κ2) is 6.72. The third-order valence-corrected chi connectivity index (χ3v) is 3.40. The van der Waals surface area contributed by atoms with Crippen molar-refractivity contribution in [3.05, 3.63) is 77.1 Å². The molecule has 0 saturated carbocycles. The van der Waals surface area contributed by atoms with Gasteiger partial charge in [0, 0.05) is 10.6 Å². The lowest BCUT2D eigenvalue weighted by atomic mass is 10.2. The molecule has 1 aromatic heterocycles. The third-order valence-electron chi connectivity index (χ3n) is 3.17. The highest BCUT2D eigenvalue weighted by molar-refractivity contribution is 6.30. The van der Waals surface area contributed by atoms with Gasteiger partial charge in [-0.05, 0) is 30.3 Å². The Balaban J connectivity index is 1.79. The molecule has 0 aliphatic heterocycles. The lowest BCUT2D eigenvalue weighted by Gasteiger charge is -2.07. The van der Waals surface area contributed by atoms with Crippen molar-refractivity contribution < 1.29 is 13.6 Å². The van der Waals surface area contributed by atoms with Crippen molar-refractivity contribution in [2.75, 3.05) is 5.32 Å². The Labute approximate surface area is 141 Å². The molecule has 120 valence electrons. The van der Waals surface area contributed by atoms with Crippen molar-refractivity contribution in [2.24, 2.45) is 0 Å². The molecule has 7 heteroatoms. The van der Waals surface area contributed by atoms with Crippen LogP contribution >= 0.6 is 11.6 Å². The van der Waals surface area contributed by atoms with Gasteiger partial charge in [0.2, 0.25) is 0 Å². The minimum atomic E-state index is -0.814. The Kier molecular flexibility index (Phi) is 4.48. The van der Waals surface area contributed by atoms with Crippen molar-refractivity contribution in [1.82, 2.24) is 9.97 Å². The highest BCUT2D eigenvalue weighted by Gasteiger charge is 2.13. The van der Waals surface area contributed by atoms with Crippen LogP contribution in [0.5, 0.6) is 0 Å². The molecule has 1 heterocycles. The van der Waals surface area contributed by atoms with Gasteiger partial charge in [-0.1, -0.05) is 23.7 Å². The number of rotatable bonds is 3. The van der Waals surface area contributed by atoms with E-state index in [1.165, 1.54) is 12.4 Å². The number of hydrogen-bond donors (Lipinski definition) is 1. The highest BCUT2D eigenvalue weighted by Crippen LogP contribution is 2.20. The summed E-state index contributed by atoms with van der Waals surface area (Å²) in [5.74, 6) is -1.88. The maximum atomic E-state index is 13.6. The summed E-state index contributed by atoms with van der Waals surface area (Å²) in [4.78, 5) is 20.2. The molecule has 3 aromatic rings. The fourth-order valence-corrected chi connectivity index (χ4v) is 2.23. The second-order valence-corrected chi connectivity index (χ2v) is 5.32. The molecule has 2 aromatic carbocycles. The van der Waals surface area contributed by atoms with Crippen LogP contribution in [-0.4, -0.2) is 15.9 Å². The quantitative estimate of drug-likeness (QED) is 0.768. The fourth-order valence-electron chi connectivity index (χ4n) is 2.04. The maximum absolute atomic E-state index is 13.6. The monoisotopic (exact) mass is 345 g/mol. The predicted molar refractivity (Wildman–Crippen MR) is 86.8 cm³/mol. The normalized spacial score (nSPS) is 10.5. The van der Waals surface area contributed by atoms with E-state index in [1.54, 1.807) is 24.3 Å². The van der Waals surface area contributed by atoms with Gasteiger partial charge in [0.15, 0.2) is 5.82 Å². The zero-order valence-corrected chi connectivity index (χ0v) is 12.9. The predicted octanol–water partition coefficient (Wildman–Crippen LogP) is 4.33. The second-order valence-electron chi connectivity index (χ2n) is 4.88. The standard InChI is InChI=1S/C17H10ClF2N3O/c18-11-3-1-2-10(6-11)16-21-8-13(9-22-16)23-17(24)14-7-12(19)4-5-15(14)20/h1-9H,(H,23,24). The van der Waals surface area contributed by atoms with Gasteiger partial charge in [-0.25, -0.2) is 18.7 Å². The minimum absolute atomic E-state index is 0.259. The molecule has 3 rings (SSSR count). The summed E-state index contributed by atoms with van der Waals surface area (Å²) in [6.45, 7) is 0. The van der Waals surface area contributed by atoms with Crippen molar-refractivity contribution in [3.63, 3.8) is 0 Å². The van der Waals surface area contributed by atoms with Gasteiger partial charge in [0.1, 0.15) is 11.6 Å². The largest absolute Gasteiger partial charge is 0.319 e. The summed E-state index contributed by atoms with van der Waals surface area (Å²) in [6, 6.07) is 9.65. The minimum Gasteiger partial charge on any atom is -0.319 e. The SMILES string of the molecule is O=C(Nc1cnc(-c2cccc(Cl)c2)nc1)c1cc(F)ccc1F. The summed E-state index contributed by atoms with van der Waals surface area (Å²) >= 11 is 5.91.